The van der Waals surface area contributed by atoms with Crippen molar-refractivity contribution in [2.24, 2.45) is 0 Å². The number of aryl methyl sites for hydroxylation is 4. The Labute approximate surface area is 232 Å². The summed E-state index contributed by atoms with van der Waals surface area (Å²) in [7, 11) is 3.26. The van der Waals surface area contributed by atoms with E-state index in [0.29, 0.717) is 25.6 Å². The largest absolute Gasteiger partial charge is 0.383 e. The van der Waals surface area contributed by atoms with Gasteiger partial charge in [-0.2, -0.15) is 0 Å². The van der Waals surface area contributed by atoms with Crippen molar-refractivity contribution in [3.63, 3.8) is 0 Å². The lowest BCUT2D eigenvalue weighted by atomic mass is 10.1. The second-order valence-electron chi connectivity index (χ2n) is 7.84. The molecule has 0 aromatic heterocycles. The number of benzene rings is 2. The van der Waals surface area contributed by atoms with E-state index in [-0.39, 0.29) is 11.8 Å². The molecule has 2 aromatic rings. The maximum atomic E-state index is 11.6. The summed E-state index contributed by atoms with van der Waals surface area (Å²) in [6.45, 7) is 12.9. The molecule has 0 saturated carbocycles. The fraction of sp³-hybridized carbons (Fsp3) is 0.462. The summed E-state index contributed by atoms with van der Waals surface area (Å²) in [5, 5.41) is 2.75. The second-order valence-corrected chi connectivity index (χ2v) is 9.81. The number of hydrogen-bond donors (Lipinski definition) is 1. The zero-order valence-corrected chi connectivity index (χ0v) is 25.8. The minimum Gasteiger partial charge on any atom is -0.383 e. The highest BCUT2D eigenvalue weighted by atomic mass is 79.9. The first-order chi connectivity index (χ1) is 16.4. The van der Waals surface area contributed by atoms with Gasteiger partial charge in [0.1, 0.15) is 0 Å². The van der Waals surface area contributed by atoms with Gasteiger partial charge in [0, 0.05) is 60.8 Å². The molecule has 0 fully saturated rings. The lowest BCUT2D eigenvalue weighted by Gasteiger charge is -2.22. The first-order valence-corrected chi connectivity index (χ1v) is 13.1. The number of nitrogens with zero attached hydrogens (tertiary/aromatic N) is 1. The van der Waals surface area contributed by atoms with Crippen molar-refractivity contribution in [3.05, 3.63) is 55.5 Å². The lowest BCUT2D eigenvalue weighted by molar-refractivity contribution is -0.117. The molecule has 0 bridgehead atoms. The molecular formula is C26H37Br2ClN2O4. The van der Waals surface area contributed by atoms with E-state index in [4.69, 9.17) is 16.3 Å². The number of halogens is 3. The quantitative estimate of drug-likeness (QED) is 0.334. The van der Waals surface area contributed by atoms with Crippen LogP contribution >= 0.6 is 43.5 Å². The third-order valence-electron chi connectivity index (χ3n) is 4.67. The average Bonchev–Trinajstić information content (AvgIpc) is 2.76. The van der Waals surface area contributed by atoms with Crippen LogP contribution in [0.5, 0.6) is 0 Å². The van der Waals surface area contributed by atoms with Gasteiger partial charge in [-0.25, -0.2) is 0 Å². The highest BCUT2D eigenvalue weighted by Gasteiger charge is 2.13. The molecule has 0 spiro atoms. The van der Waals surface area contributed by atoms with Crippen molar-refractivity contribution in [2.75, 3.05) is 50.1 Å². The fourth-order valence-corrected chi connectivity index (χ4v) is 3.64. The van der Waals surface area contributed by atoms with Crippen LogP contribution < -0.4 is 10.2 Å². The number of alkyl halides is 1. The van der Waals surface area contributed by atoms with Gasteiger partial charge in [-0.3, -0.25) is 9.59 Å². The van der Waals surface area contributed by atoms with Gasteiger partial charge in [0.15, 0.2) is 0 Å². The summed E-state index contributed by atoms with van der Waals surface area (Å²) in [4.78, 5) is 24.1. The highest BCUT2D eigenvalue weighted by Crippen LogP contribution is 2.27. The molecule has 1 N–H and O–H groups in total. The molecule has 0 heterocycles. The Morgan fingerprint density at radius 1 is 0.857 bits per heavy atom. The van der Waals surface area contributed by atoms with Crippen molar-refractivity contribution in [1.82, 2.24) is 0 Å². The zero-order chi connectivity index (χ0) is 27.1. The standard InChI is InChI=1S/C13H18BrNO2.C10H12BrNO.C3H7ClO/c1-9-7-12(8-10(2)13(9)14)15(11(3)16)5-6-17-4;1-6-4-9(12-8(3)13)5-7(2)10(6)11;1-5-3-2-4/h7-8H,5-6H2,1-4H3;4-5H,1-3H3,(H,12,13);2-3H2,1H3. The smallest absolute Gasteiger partial charge is 0.223 e. The molecule has 2 amide bonds. The van der Waals surface area contributed by atoms with Crippen LogP contribution in [-0.4, -0.2) is 51.7 Å². The van der Waals surface area contributed by atoms with Gasteiger partial charge in [0.25, 0.3) is 0 Å². The molecule has 0 saturated heterocycles. The average molecular weight is 637 g/mol. The summed E-state index contributed by atoms with van der Waals surface area (Å²) in [6, 6.07) is 7.90. The maximum absolute atomic E-state index is 11.6. The van der Waals surface area contributed by atoms with E-state index >= 15 is 0 Å². The Bertz CT molecular complexity index is 922. The summed E-state index contributed by atoms with van der Waals surface area (Å²) in [5.41, 5.74) is 6.29. The van der Waals surface area contributed by atoms with Gasteiger partial charge >= 0.3 is 0 Å². The van der Waals surface area contributed by atoms with Gasteiger partial charge in [-0.1, -0.05) is 31.9 Å². The third-order valence-corrected chi connectivity index (χ3v) is 7.33. The Balaban J connectivity index is 0.000000567. The topological polar surface area (TPSA) is 67.9 Å². The number of carbonyl (C=O) groups excluding carboxylic acids is 2. The number of methoxy groups -OCH3 is 2. The van der Waals surface area contributed by atoms with Gasteiger partial charge in [0.2, 0.25) is 11.8 Å². The molecule has 0 atom stereocenters. The Morgan fingerprint density at radius 2 is 1.29 bits per heavy atom. The van der Waals surface area contributed by atoms with Crippen molar-refractivity contribution < 1.29 is 19.1 Å². The predicted molar refractivity (Wildman–Crippen MR) is 154 cm³/mol. The second kappa shape index (κ2) is 17.9. The highest BCUT2D eigenvalue weighted by molar-refractivity contribution is 9.10. The van der Waals surface area contributed by atoms with E-state index < -0.39 is 0 Å². The van der Waals surface area contributed by atoms with Gasteiger partial charge < -0.3 is 19.7 Å². The van der Waals surface area contributed by atoms with E-state index in [1.807, 2.05) is 52.0 Å². The summed E-state index contributed by atoms with van der Waals surface area (Å²) in [5.74, 6) is 0.584. The molecule has 6 nitrogen and oxygen atoms in total. The van der Waals surface area contributed by atoms with Crippen LogP contribution in [0.2, 0.25) is 0 Å². The predicted octanol–water partition coefficient (Wildman–Crippen LogP) is 6.96. The number of amides is 2. The van der Waals surface area contributed by atoms with Crippen LogP contribution in [0.25, 0.3) is 0 Å². The van der Waals surface area contributed by atoms with Crippen LogP contribution in [0.15, 0.2) is 33.2 Å². The van der Waals surface area contributed by atoms with E-state index in [9.17, 15) is 9.59 Å². The normalized spacial score (nSPS) is 9.91. The minimum atomic E-state index is -0.0406. The van der Waals surface area contributed by atoms with E-state index in [1.165, 1.54) is 6.92 Å². The molecule has 9 heteroatoms. The molecule has 35 heavy (non-hydrogen) atoms. The van der Waals surface area contributed by atoms with E-state index in [2.05, 4.69) is 41.9 Å². The molecule has 0 aliphatic carbocycles. The summed E-state index contributed by atoms with van der Waals surface area (Å²) < 4.78 is 11.8. The van der Waals surface area contributed by atoms with Crippen molar-refractivity contribution in [3.8, 4) is 0 Å². The molecule has 0 unspecified atom stereocenters. The van der Waals surface area contributed by atoms with Gasteiger partial charge in [-0.15, -0.1) is 11.6 Å². The molecule has 2 aromatic carbocycles. The molecular weight excluding hydrogens is 600 g/mol. The van der Waals surface area contributed by atoms with Crippen molar-refractivity contribution in [2.45, 2.75) is 41.5 Å². The first kappa shape index (κ1) is 33.5. The summed E-state index contributed by atoms with van der Waals surface area (Å²) in [6.07, 6.45) is 0. The van der Waals surface area contributed by atoms with Crippen molar-refractivity contribution in [1.29, 1.82) is 0 Å². The molecule has 0 aliphatic heterocycles. The van der Waals surface area contributed by atoms with E-state index in [0.717, 1.165) is 42.6 Å². The number of hydrogen-bond acceptors (Lipinski definition) is 4. The fourth-order valence-electron chi connectivity index (χ4n) is 3.03. The van der Waals surface area contributed by atoms with Gasteiger partial charge in [0.05, 0.1) is 13.2 Å². The number of carbonyl (C=O) groups is 2. The van der Waals surface area contributed by atoms with Crippen LogP contribution in [0.1, 0.15) is 36.1 Å². The van der Waals surface area contributed by atoms with Crippen LogP contribution in [0, 0.1) is 27.7 Å². The monoisotopic (exact) mass is 634 g/mol. The third kappa shape index (κ3) is 12.9. The zero-order valence-electron chi connectivity index (χ0n) is 21.9. The number of rotatable bonds is 7. The number of ether oxygens (including phenoxy) is 2. The molecule has 2 rings (SSSR count). The van der Waals surface area contributed by atoms with Crippen LogP contribution in [-0.2, 0) is 19.1 Å². The minimum absolute atomic E-state index is 0.0307. The van der Waals surface area contributed by atoms with E-state index in [1.54, 1.807) is 26.0 Å². The SMILES string of the molecule is CC(=O)Nc1cc(C)c(Br)c(C)c1.COCCCl.COCCN(C(C)=O)c1cc(C)c(Br)c(C)c1. The number of anilines is 2. The Hall–Kier alpha value is -1.45. The Morgan fingerprint density at radius 3 is 1.60 bits per heavy atom. The molecule has 0 aliphatic rings. The number of nitrogens with one attached hydrogen (secondary N) is 1. The van der Waals surface area contributed by atoms with Crippen LogP contribution in [0.3, 0.4) is 0 Å². The Kier molecular flexibility index (Phi) is 17.2. The van der Waals surface area contributed by atoms with Crippen LogP contribution in [0.4, 0.5) is 11.4 Å². The molecule has 196 valence electrons. The summed E-state index contributed by atoms with van der Waals surface area (Å²) >= 11 is 12.2. The molecule has 0 radical (unpaired) electrons. The van der Waals surface area contributed by atoms with Crippen molar-refractivity contribution >= 4 is 66.6 Å². The maximum Gasteiger partial charge on any atom is 0.223 e. The lowest BCUT2D eigenvalue weighted by Crippen LogP contribution is -2.31. The first-order valence-electron chi connectivity index (χ1n) is 11.0. The van der Waals surface area contributed by atoms with Gasteiger partial charge in [-0.05, 0) is 74.2 Å².